The molecule has 26 heavy (non-hydrogen) atoms. The number of benzene rings is 1. The summed E-state index contributed by atoms with van der Waals surface area (Å²) in [6.45, 7) is 5.60. The van der Waals surface area contributed by atoms with Gasteiger partial charge in [-0.2, -0.15) is 5.10 Å². The van der Waals surface area contributed by atoms with Crippen molar-refractivity contribution in [3.05, 3.63) is 39.6 Å². The highest BCUT2D eigenvalue weighted by molar-refractivity contribution is 9.10. The van der Waals surface area contributed by atoms with Crippen LogP contribution in [0.4, 0.5) is 0 Å². The number of carbonyl (C=O) groups is 1. The van der Waals surface area contributed by atoms with Crippen LogP contribution in [-0.2, 0) is 11.2 Å². The fourth-order valence-electron chi connectivity index (χ4n) is 3.11. The molecule has 0 unspecified atom stereocenters. The van der Waals surface area contributed by atoms with Crippen molar-refractivity contribution >= 4 is 38.4 Å². The molecule has 0 saturated heterocycles. The van der Waals surface area contributed by atoms with E-state index < -0.39 is 0 Å². The molecule has 0 atom stereocenters. The maximum atomic E-state index is 12.3. The van der Waals surface area contributed by atoms with E-state index >= 15 is 0 Å². The number of amides is 1. The molecule has 2 aromatic heterocycles. The fraction of sp³-hybridized carbons (Fsp3) is 0.421. The first-order valence-electron chi connectivity index (χ1n) is 8.72. The van der Waals surface area contributed by atoms with Crippen LogP contribution in [0.5, 0.6) is 0 Å². The van der Waals surface area contributed by atoms with Crippen LogP contribution >= 0.6 is 15.9 Å². The van der Waals surface area contributed by atoms with Gasteiger partial charge in [0.1, 0.15) is 0 Å². The monoisotopic (exact) mass is 417 g/mol. The van der Waals surface area contributed by atoms with Crippen molar-refractivity contribution in [2.24, 2.45) is 0 Å². The molecule has 1 N–H and O–H groups in total. The Bertz CT molecular complexity index is 964. The average Bonchev–Trinajstić information content (AvgIpc) is 2.93. The van der Waals surface area contributed by atoms with E-state index in [1.807, 2.05) is 50.7 Å². The molecule has 0 saturated carbocycles. The van der Waals surface area contributed by atoms with Crippen LogP contribution in [0.3, 0.4) is 0 Å². The standard InChI is InChI=1S/C19H24BrN5O/c1-12-16(11-18(26)21-8-5-9-24(3)4)13(2)25-19(22-12)15-7-6-14(20)10-17(15)23-25/h6-7,10H,5,8-9,11H2,1-4H3,(H,21,26). The molecule has 3 rings (SSSR count). The molecule has 138 valence electrons. The Kier molecular flexibility index (Phi) is 5.58. The zero-order valence-corrected chi connectivity index (χ0v) is 17.2. The van der Waals surface area contributed by atoms with Gasteiger partial charge in [0.25, 0.3) is 0 Å². The summed E-state index contributed by atoms with van der Waals surface area (Å²) in [5.41, 5.74) is 4.50. The van der Waals surface area contributed by atoms with Gasteiger partial charge in [-0.3, -0.25) is 4.79 Å². The smallest absolute Gasteiger partial charge is 0.224 e. The number of aromatic nitrogens is 3. The van der Waals surface area contributed by atoms with Gasteiger partial charge in [0, 0.05) is 33.4 Å². The van der Waals surface area contributed by atoms with Crippen molar-refractivity contribution < 1.29 is 4.79 Å². The summed E-state index contributed by atoms with van der Waals surface area (Å²) >= 11 is 3.48. The van der Waals surface area contributed by atoms with E-state index in [4.69, 9.17) is 4.98 Å². The highest BCUT2D eigenvalue weighted by atomic mass is 79.9. The van der Waals surface area contributed by atoms with Crippen LogP contribution in [0.15, 0.2) is 22.7 Å². The number of hydrogen-bond donors (Lipinski definition) is 1. The minimum absolute atomic E-state index is 0.0237. The largest absolute Gasteiger partial charge is 0.356 e. The van der Waals surface area contributed by atoms with Crippen LogP contribution in [0, 0.1) is 13.8 Å². The van der Waals surface area contributed by atoms with E-state index in [0.717, 1.165) is 50.9 Å². The normalized spacial score (nSPS) is 11.6. The first-order chi connectivity index (χ1) is 12.4. The van der Waals surface area contributed by atoms with Crippen molar-refractivity contribution in [2.75, 3.05) is 27.2 Å². The molecule has 0 bridgehead atoms. The van der Waals surface area contributed by atoms with Gasteiger partial charge in [-0.25, -0.2) is 9.50 Å². The van der Waals surface area contributed by atoms with Gasteiger partial charge in [0.2, 0.25) is 5.91 Å². The molecular weight excluding hydrogens is 394 g/mol. The first kappa shape index (κ1) is 18.8. The lowest BCUT2D eigenvalue weighted by atomic mass is 10.1. The minimum Gasteiger partial charge on any atom is -0.356 e. The molecule has 7 heteroatoms. The lowest BCUT2D eigenvalue weighted by molar-refractivity contribution is -0.120. The minimum atomic E-state index is 0.0237. The van der Waals surface area contributed by atoms with Gasteiger partial charge in [0.05, 0.1) is 11.9 Å². The summed E-state index contributed by atoms with van der Waals surface area (Å²) < 4.78 is 2.83. The van der Waals surface area contributed by atoms with E-state index in [0.29, 0.717) is 13.0 Å². The number of rotatable bonds is 6. The van der Waals surface area contributed by atoms with Crippen LogP contribution in [0.1, 0.15) is 23.4 Å². The van der Waals surface area contributed by atoms with Crippen molar-refractivity contribution in [1.29, 1.82) is 0 Å². The van der Waals surface area contributed by atoms with E-state index in [9.17, 15) is 4.79 Å². The predicted octanol–water partition coefficient (Wildman–Crippen LogP) is 2.87. The maximum absolute atomic E-state index is 12.3. The van der Waals surface area contributed by atoms with Gasteiger partial charge >= 0.3 is 0 Å². The van der Waals surface area contributed by atoms with Gasteiger partial charge in [-0.05, 0) is 59.1 Å². The summed E-state index contributed by atoms with van der Waals surface area (Å²) in [6, 6.07) is 5.99. The third-order valence-corrected chi connectivity index (χ3v) is 5.01. The Labute approximate surface area is 161 Å². The predicted molar refractivity (Wildman–Crippen MR) is 108 cm³/mol. The molecule has 6 nitrogen and oxygen atoms in total. The number of halogens is 1. The Morgan fingerprint density at radius 1 is 1.31 bits per heavy atom. The molecule has 0 radical (unpaired) electrons. The number of aryl methyl sites for hydroxylation is 2. The molecule has 0 aliphatic rings. The second-order valence-corrected chi connectivity index (χ2v) is 7.76. The van der Waals surface area contributed by atoms with Crippen molar-refractivity contribution in [2.45, 2.75) is 26.7 Å². The Balaban J connectivity index is 1.85. The molecule has 0 aliphatic carbocycles. The third-order valence-electron chi connectivity index (χ3n) is 4.52. The zero-order chi connectivity index (χ0) is 18.8. The topological polar surface area (TPSA) is 62.5 Å². The molecule has 0 fully saturated rings. The maximum Gasteiger partial charge on any atom is 0.224 e. The average molecular weight is 418 g/mol. The molecule has 1 aromatic carbocycles. The lowest BCUT2D eigenvalue weighted by Crippen LogP contribution is -2.29. The number of hydrogen-bond acceptors (Lipinski definition) is 4. The van der Waals surface area contributed by atoms with Gasteiger partial charge in [-0.15, -0.1) is 0 Å². The van der Waals surface area contributed by atoms with Gasteiger partial charge < -0.3 is 10.2 Å². The molecule has 0 spiro atoms. The molecule has 3 aromatic rings. The lowest BCUT2D eigenvalue weighted by Gasteiger charge is -2.12. The highest BCUT2D eigenvalue weighted by Crippen LogP contribution is 2.25. The Morgan fingerprint density at radius 2 is 2.08 bits per heavy atom. The fourth-order valence-corrected chi connectivity index (χ4v) is 3.45. The second kappa shape index (κ2) is 7.72. The Hall–Kier alpha value is -1.99. The second-order valence-electron chi connectivity index (χ2n) is 6.84. The first-order valence-corrected chi connectivity index (χ1v) is 9.51. The number of carbonyl (C=O) groups excluding carboxylic acids is 1. The summed E-state index contributed by atoms with van der Waals surface area (Å²) in [5.74, 6) is 0.0237. The van der Waals surface area contributed by atoms with Crippen molar-refractivity contribution in [3.8, 4) is 0 Å². The van der Waals surface area contributed by atoms with Gasteiger partial charge in [-0.1, -0.05) is 15.9 Å². The summed E-state index contributed by atoms with van der Waals surface area (Å²) in [4.78, 5) is 19.2. The van der Waals surface area contributed by atoms with Crippen molar-refractivity contribution in [3.63, 3.8) is 0 Å². The number of nitrogens with one attached hydrogen (secondary N) is 1. The van der Waals surface area contributed by atoms with E-state index in [1.54, 1.807) is 0 Å². The molecule has 1 amide bonds. The van der Waals surface area contributed by atoms with Crippen LogP contribution in [0.2, 0.25) is 0 Å². The SMILES string of the molecule is Cc1nc2c3ccc(Br)cc3nn2c(C)c1CC(=O)NCCCN(C)C. The highest BCUT2D eigenvalue weighted by Gasteiger charge is 2.16. The third kappa shape index (κ3) is 3.88. The van der Waals surface area contributed by atoms with E-state index in [1.165, 1.54) is 0 Å². The molecular formula is C19H24BrN5O. The zero-order valence-electron chi connectivity index (χ0n) is 15.6. The Morgan fingerprint density at radius 3 is 2.81 bits per heavy atom. The molecule has 2 heterocycles. The molecule has 0 aliphatic heterocycles. The van der Waals surface area contributed by atoms with Crippen molar-refractivity contribution in [1.82, 2.24) is 24.8 Å². The van der Waals surface area contributed by atoms with Crippen LogP contribution < -0.4 is 5.32 Å². The van der Waals surface area contributed by atoms with E-state index in [2.05, 4.69) is 31.2 Å². The quantitative estimate of drug-likeness (QED) is 0.626. The van der Waals surface area contributed by atoms with Gasteiger partial charge in [0.15, 0.2) is 5.65 Å². The summed E-state index contributed by atoms with van der Waals surface area (Å²) in [7, 11) is 4.06. The van der Waals surface area contributed by atoms with Crippen LogP contribution in [-0.4, -0.2) is 52.6 Å². The summed E-state index contributed by atoms with van der Waals surface area (Å²) in [6.07, 6.45) is 1.26. The van der Waals surface area contributed by atoms with Crippen LogP contribution in [0.25, 0.3) is 16.6 Å². The summed E-state index contributed by atoms with van der Waals surface area (Å²) in [5, 5.41) is 8.67. The van der Waals surface area contributed by atoms with E-state index in [-0.39, 0.29) is 5.91 Å². The number of nitrogens with zero attached hydrogens (tertiary/aromatic N) is 4. The number of fused-ring (bicyclic) bond motifs is 3.